The number of nitrogens with one attached hydrogen (secondary N) is 4. The van der Waals surface area contributed by atoms with Gasteiger partial charge in [0.05, 0.1) is 44.7 Å². The normalized spacial score (nSPS) is 33.6. The predicted octanol–water partition coefficient (Wildman–Crippen LogP) is -10.7. The summed E-state index contributed by atoms with van der Waals surface area (Å²) in [5.74, 6) is -10.4. The Morgan fingerprint density at radius 1 is 0.851 bits per heavy atom. The van der Waals surface area contributed by atoms with Crippen molar-refractivity contribution in [3.8, 4) is 0 Å². The number of carbonyl (C=O) groups excluding carboxylic acids is 6. The number of ether oxygens (including phenoxy) is 7. The molecule has 28 heteroatoms. The summed E-state index contributed by atoms with van der Waals surface area (Å²) in [5.41, 5.74) is -0.0552. The maximum absolute atomic E-state index is 13.4. The molecule has 3 heterocycles. The second-order valence-corrected chi connectivity index (χ2v) is 15.8. The van der Waals surface area contributed by atoms with Gasteiger partial charge in [0.15, 0.2) is 18.6 Å². The largest absolute Gasteiger partial charge is 1.00 e. The zero-order chi connectivity index (χ0) is 49.4. The third-order valence-electron chi connectivity index (χ3n) is 10.9. The van der Waals surface area contributed by atoms with Crippen LogP contribution in [0, 0.1) is 5.82 Å². The zero-order valence-corrected chi connectivity index (χ0v) is 39.1. The molecule has 3 saturated heterocycles. The summed E-state index contributed by atoms with van der Waals surface area (Å²) >= 11 is 0. The molecule has 3 aliphatic heterocycles. The summed E-state index contributed by atoms with van der Waals surface area (Å²) in [6, 6.07) is -0.613. The summed E-state index contributed by atoms with van der Waals surface area (Å²) < 4.78 is 52.7. The number of aliphatic hydroxyl groups is 8. The Bertz CT molecular complexity index is 1860. The average Bonchev–Trinajstić information content (AvgIpc) is 3.26. The molecule has 0 unspecified atom stereocenters. The van der Waals surface area contributed by atoms with Crippen LogP contribution in [0.15, 0.2) is 24.3 Å². The van der Waals surface area contributed by atoms with Crippen LogP contribution in [0.2, 0.25) is 0 Å². The van der Waals surface area contributed by atoms with Gasteiger partial charge in [0, 0.05) is 39.3 Å². The molecule has 4 amide bonds. The third-order valence-corrected chi connectivity index (χ3v) is 10.9. The number of hydrogen-bond donors (Lipinski definition) is 12. The number of aliphatic carboxylic acids is 1. The molecule has 12 N–H and O–H groups in total. The molecule has 0 radical (unpaired) electrons. The molecule has 0 saturated carbocycles. The summed E-state index contributed by atoms with van der Waals surface area (Å²) in [4.78, 5) is 74.8. The van der Waals surface area contributed by atoms with Gasteiger partial charge in [-0.1, -0.05) is 0 Å². The Labute approximate surface area is 403 Å². The molecular formula is C39H56FN4NaO22. The van der Waals surface area contributed by atoms with E-state index in [9.17, 15) is 79.1 Å². The standard InChI is InChI=1S/C39H57FN4O22.Na/c1-14(24(35(57)60-5)42-15(2)47)61-36-26(44-17(4)49)31(28(53)22(12-45)62-36)64-37-30(55)33(29(54)23(13-46)63-37)66-39(38(58)59)10-20(50)25(43-16(3)48)32(65-39)27(52)21(51)11-41-34(56)18-6-8-19(40)9-7-18;/h6-9,14,20-33,36-37,45-46,50-55H,10-13H2,1-5H3,(H,41,56)(H,42,47)(H,43,48)(H,44,49)(H,58,59);/q;+1/p-1/t14-,20+,21-,22-,23-,24+,25-,26-,27-,28+,29+,30-,31-,32-,33+,36+,37+,39+;/m1./s1. The number of amides is 4. The van der Waals surface area contributed by atoms with Crippen LogP contribution in [-0.4, -0.2) is 213 Å². The van der Waals surface area contributed by atoms with Gasteiger partial charge in [-0.25, -0.2) is 9.18 Å². The number of rotatable bonds is 19. The monoisotopic (exact) mass is 974 g/mol. The van der Waals surface area contributed by atoms with Crippen LogP contribution in [0.25, 0.3) is 0 Å². The number of benzene rings is 1. The second-order valence-electron chi connectivity index (χ2n) is 15.8. The topological polar surface area (TPSA) is 400 Å². The third kappa shape index (κ3) is 14.3. The molecule has 0 spiro atoms. The number of carboxylic acid groups (broad SMARTS) is 1. The van der Waals surface area contributed by atoms with Gasteiger partial charge in [-0.2, -0.15) is 0 Å². The van der Waals surface area contributed by atoms with E-state index < -0.39 is 177 Å². The summed E-state index contributed by atoms with van der Waals surface area (Å²) in [7, 11) is 1.03. The quantitative estimate of drug-likeness (QED) is 0.0452. The van der Waals surface area contributed by atoms with Gasteiger partial charge in [-0.15, -0.1) is 0 Å². The SMILES string of the molecule is COC(=O)[C@@H](NC(C)=O)[C@@H](C)O[C@H]1O[C@H](CO)[C@H](O)[C@H](O[C@@H]2O[C@H](CO)[C@H](O)[C@H](O[C@]3(C(=O)[O-])C[C@H](O)[C@@H](NC(C)=O)[C@H]([C@H](O)[C@H](O)CNC(=O)c4ccc(F)cc4)O3)[C@H]2O)[C@H]1NC(C)=O.[Na+]. The van der Waals surface area contributed by atoms with E-state index in [2.05, 4.69) is 21.3 Å². The Hall–Kier alpha value is -3.59. The first-order valence-electron chi connectivity index (χ1n) is 20.4. The summed E-state index contributed by atoms with van der Waals surface area (Å²) in [6.45, 7) is 1.62. The van der Waals surface area contributed by atoms with E-state index in [4.69, 9.17) is 33.2 Å². The first-order valence-corrected chi connectivity index (χ1v) is 20.4. The van der Waals surface area contributed by atoms with Gasteiger partial charge < -0.3 is 105 Å². The maximum Gasteiger partial charge on any atom is 1.00 e. The number of aliphatic hydroxyl groups excluding tert-OH is 8. The van der Waals surface area contributed by atoms with Gasteiger partial charge in [-0.3, -0.25) is 19.2 Å². The molecule has 67 heavy (non-hydrogen) atoms. The van der Waals surface area contributed by atoms with Crippen LogP contribution in [0.4, 0.5) is 4.39 Å². The first kappa shape index (κ1) is 57.7. The summed E-state index contributed by atoms with van der Waals surface area (Å²) in [6.07, 6.45) is -29.0. The first-order chi connectivity index (χ1) is 31.0. The fourth-order valence-electron chi connectivity index (χ4n) is 7.57. The number of carboxylic acids is 1. The van der Waals surface area contributed by atoms with Crippen LogP contribution in [0.3, 0.4) is 0 Å². The van der Waals surface area contributed by atoms with E-state index in [0.29, 0.717) is 0 Å². The van der Waals surface area contributed by atoms with Crippen molar-refractivity contribution < 1.29 is 142 Å². The second kappa shape index (κ2) is 25.3. The molecule has 1 aromatic carbocycles. The van der Waals surface area contributed by atoms with Crippen LogP contribution in [0.1, 0.15) is 44.5 Å². The minimum Gasteiger partial charge on any atom is -0.544 e. The molecule has 372 valence electrons. The smallest absolute Gasteiger partial charge is 0.544 e. The van der Waals surface area contributed by atoms with Crippen LogP contribution >= 0.6 is 0 Å². The Kier molecular flexibility index (Phi) is 21.8. The van der Waals surface area contributed by atoms with Gasteiger partial charge in [0.2, 0.25) is 23.5 Å². The Morgan fingerprint density at radius 2 is 1.40 bits per heavy atom. The molecule has 4 rings (SSSR count). The van der Waals surface area contributed by atoms with E-state index in [1.807, 2.05) is 0 Å². The zero-order valence-electron chi connectivity index (χ0n) is 37.1. The van der Waals surface area contributed by atoms with Crippen molar-refractivity contribution in [2.45, 2.75) is 144 Å². The molecule has 18 atom stereocenters. The number of hydrogen-bond acceptors (Lipinski definition) is 22. The van der Waals surface area contributed by atoms with Crippen LogP contribution < -0.4 is 55.9 Å². The molecule has 1 aromatic rings. The van der Waals surface area contributed by atoms with Gasteiger partial charge in [0.1, 0.15) is 72.8 Å². The number of carbonyl (C=O) groups is 6. The van der Waals surface area contributed by atoms with Crippen molar-refractivity contribution in [1.82, 2.24) is 21.3 Å². The van der Waals surface area contributed by atoms with Gasteiger partial charge in [-0.05, 0) is 31.2 Å². The van der Waals surface area contributed by atoms with Crippen molar-refractivity contribution in [1.29, 1.82) is 0 Å². The molecule has 0 bridgehead atoms. The van der Waals surface area contributed by atoms with Crippen molar-refractivity contribution in [2.75, 3.05) is 26.9 Å². The van der Waals surface area contributed by atoms with Crippen LogP contribution in [-0.2, 0) is 57.1 Å². The van der Waals surface area contributed by atoms with E-state index in [1.165, 1.54) is 6.92 Å². The van der Waals surface area contributed by atoms with E-state index >= 15 is 0 Å². The molecular weight excluding hydrogens is 918 g/mol. The molecule has 3 aliphatic rings. The van der Waals surface area contributed by atoms with E-state index in [1.54, 1.807) is 0 Å². The van der Waals surface area contributed by atoms with Crippen molar-refractivity contribution in [2.24, 2.45) is 0 Å². The number of halogens is 1. The van der Waals surface area contributed by atoms with Crippen LogP contribution in [0.5, 0.6) is 0 Å². The average molecular weight is 975 g/mol. The minimum atomic E-state index is -3.30. The van der Waals surface area contributed by atoms with Gasteiger partial charge in [0.25, 0.3) is 5.91 Å². The van der Waals surface area contributed by atoms with Crippen molar-refractivity contribution >= 4 is 35.6 Å². The van der Waals surface area contributed by atoms with E-state index in [0.717, 1.165) is 52.1 Å². The summed E-state index contributed by atoms with van der Waals surface area (Å²) in [5, 5.41) is 111. The fraction of sp³-hybridized carbons (Fsp3) is 0.692. The predicted molar refractivity (Wildman–Crippen MR) is 209 cm³/mol. The van der Waals surface area contributed by atoms with Crippen molar-refractivity contribution in [3.63, 3.8) is 0 Å². The molecule has 0 aromatic heterocycles. The number of esters is 1. The fourth-order valence-corrected chi connectivity index (χ4v) is 7.57. The number of methoxy groups -OCH3 is 1. The Balaban J connectivity index is 0.0000119. The van der Waals surface area contributed by atoms with Gasteiger partial charge >= 0.3 is 35.5 Å². The molecule has 26 nitrogen and oxygen atoms in total. The maximum atomic E-state index is 13.4. The minimum absolute atomic E-state index is 0. The molecule has 0 aliphatic carbocycles. The molecule has 3 fully saturated rings. The van der Waals surface area contributed by atoms with Crippen molar-refractivity contribution in [3.05, 3.63) is 35.6 Å². The Morgan fingerprint density at radius 3 is 1.93 bits per heavy atom. The van der Waals surface area contributed by atoms with E-state index in [-0.39, 0.29) is 35.1 Å².